The Bertz CT molecular complexity index is 1800. The van der Waals surface area contributed by atoms with Crippen LogP contribution in [0.25, 0.3) is 38.9 Å². The van der Waals surface area contributed by atoms with Crippen molar-refractivity contribution in [1.29, 1.82) is 0 Å². The number of pyridine rings is 1. The normalized spacial score (nSPS) is 14.2. The van der Waals surface area contributed by atoms with Gasteiger partial charge in [-0.2, -0.15) is 13.8 Å². The number of aryl methyl sites for hydroxylation is 1. The first-order chi connectivity index (χ1) is 19.7. The molecule has 1 fully saturated rings. The van der Waals surface area contributed by atoms with Crippen LogP contribution in [-0.2, 0) is 18.4 Å². The number of imidazole rings is 1. The van der Waals surface area contributed by atoms with Crippen molar-refractivity contribution in [1.82, 2.24) is 24.1 Å². The third-order valence-electron chi connectivity index (χ3n) is 7.38. The highest BCUT2D eigenvalue weighted by molar-refractivity contribution is 5.86. The summed E-state index contributed by atoms with van der Waals surface area (Å²) in [6.45, 7) is 2.54. The molecule has 0 bridgehead atoms. The van der Waals surface area contributed by atoms with Gasteiger partial charge in [0, 0.05) is 24.2 Å². The second-order valence-electron chi connectivity index (χ2n) is 10.5. The van der Waals surface area contributed by atoms with Crippen LogP contribution in [0.15, 0.2) is 59.5 Å². The van der Waals surface area contributed by atoms with Gasteiger partial charge in [-0.25, -0.2) is 9.97 Å². The van der Waals surface area contributed by atoms with Crippen molar-refractivity contribution < 1.29 is 23.0 Å². The van der Waals surface area contributed by atoms with E-state index in [4.69, 9.17) is 14.5 Å². The molecule has 1 saturated carbocycles. The van der Waals surface area contributed by atoms with Crippen molar-refractivity contribution in [2.75, 3.05) is 13.2 Å². The third-order valence-corrected chi connectivity index (χ3v) is 7.38. The predicted molar refractivity (Wildman–Crippen MR) is 150 cm³/mol. The van der Waals surface area contributed by atoms with Gasteiger partial charge < -0.3 is 18.8 Å². The van der Waals surface area contributed by atoms with Crippen LogP contribution in [0, 0.1) is 5.41 Å². The molecule has 41 heavy (non-hydrogen) atoms. The molecular formula is C30H29F2N5O4. The molecule has 0 atom stereocenters. The third kappa shape index (κ3) is 5.37. The number of fused-ring (bicyclic) bond motifs is 2. The molecule has 3 aromatic heterocycles. The highest BCUT2D eigenvalue weighted by atomic mass is 19.3. The van der Waals surface area contributed by atoms with Crippen molar-refractivity contribution in [3.05, 3.63) is 70.9 Å². The van der Waals surface area contributed by atoms with Gasteiger partial charge in [0.15, 0.2) is 5.65 Å². The lowest BCUT2D eigenvalue weighted by Crippen LogP contribution is -2.21. The van der Waals surface area contributed by atoms with Gasteiger partial charge >= 0.3 is 12.6 Å². The number of halogens is 2. The van der Waals surface area contributed by atoms with Gasteiger partial charge in [0.2, 0.25) is 0 Å². The van der Waals surface area contributed by atoms with Crippen molar-refractivity contribution in [2.24, 2.45) is 12.5 Å². The van der Waals surface area contributed by atoms with E-state index in [0.29, 0.717) is 47.7 Å². The molecule has 0 radical (unpaired) electrons. The zero-order valence-electron chi connectivity index (χ0n) is 22.9. The maximum absolute atomic E-state index is 14.1. The summed E-state index contributed by atoms with van der Waals surface area (Å²) < 4.78 is 44.7. The lowest BCUT2D eigenvalue weighted by molar-refractivity contribution is -0.0498. The number of rotatable bonds is 10. The van der Waals surface area contributed by atoms with Gasteiger partial charge in [-0.1, -0.05) is 13.0 Å². The SMILES string of the molecule is CCOc1ncc2cc(-c3ccc4nc(COCC5(C)CC5)n(C)c4c3)c(=O)n(-c3ccc(OC(F)F)cc3)c2n1. The first-order valence-electron chi connectivity index (χ1n) is 13.4. The average molecular weight is 562 g/mol. The Labute approximate surface area is 234 Å². The lowest BCUT2D eigenvalue weighted by atomic mass is 10.0. The Morgan fingerprint density at radius 3 is 2.56 bits per heavy atom. The molecule has 1 aliphatic rings. The second-order valence-corrected chi connectivity index (χ2v) is 10.5. The Balaban J connectivity index is 1.44. The Hall–Kier alpha value is -4.38. The smallest absolute Gasteiger partial charge is 0.387 e. The molecular weight excluding hydrogens is 532 g/mol. The molecule has 11 heteroatoms. The molecule has 6 rings (SSSR count). The maximum atomic E-state index is 14.1. The first-order valence-corrected chi connectivity index (χ1v) is 13.4. The van der Waals surface area contributed by atoms with Crippen LogP contribution in [0.2, 0.25) is 0 Å². The number of nitrogens with zero attached hydrogens (tertiary/aromatic N) is 5. The van der Waals surface area contributed by atoms with Crippen LogP contribution in [0.3, 0.4) is 0 Å². The van der Waals surface area contributed by atoms with E-state index < -0.39 is 6.61 Å². The molecule has 3 heterocycles. The number of ether oxygens (including phenoxy) is 3. The highest BCUT2D eigenvalue weighted by Crippen LogP contribution is 2.45. The van der Waals surface area contributed by atoms with Gasteiger partial charge in [-0.3, -0.25) is 9.36 Å². The zero-order valence-corrected chi connectivity index (χ0v) is 22.9. The van der Waals surface area contributed by atoms with Crippen LogP contribution < -0.4 is 15.0 Å². The van der Waals surface area contributed by atoms with Crippen molar-refractivity contribution in [3.8, 4) is 28.6 Å². The lowest BCUT2D eigenvalue weighted by Gasteiger charge is -2.14. The number of alkyl halides is 2. The molecule has 0 unspecified atom stereocenters. The van der Waals surface area contributed by atoms with Gasteiger partial charge in [0.05, 0.1) is 29.9 Å². The fourth-order valence-electron chi connectivity index (χ4n) is 4.79. The molecule has 212 valence electrons. The Morgan fingerprint density at radius 1 is 1.07 bits per heavy atom. The van der Waals surface area contributed by atoms with Gasteiger partial charge in [-0.05, 0) is 73.2 Å². The number of aromatic nitrogens is 5. The van der Waals surface area contributed by atoms with E-state index in [1.165, 1.54) is 41.7 Å². The quantitative estimate of drug-likeness (QED) is 0.218. The average Bonchev–Trinajstić information content (AvgIpc) is 3.61. The van der Waals surface area contributed by atoms with Crippen molar-refractivity contribution in [3.63, 3.8) is 0 Å². The summed E-state index contributed by atoms with van der Waals surface area (Å²) in [5.41, 5.74) is 3.46. The monoisotopic (exact) mass is 561 g/mol. The molecule has 1 aliphatic carbocycles. The zero-order chi connectivity index (χ0) is 28.7. The summed E-state index contributed by atoms with van der Waals surface area (Å²) >= 11 is 0. The van der Waals surface area contributed by atoms with E-state index in [9.17, 15) is 13.6 Å². The van der Waals surface area contributed by atoms with E-state index in [-0.39, 0.29) is 22.7 Å². The van der Waals surface area contributed by atoms with E-state index in [1.54, 1.807) is 12.3 Å². The van der Waals surface area contributed by atoms with E-state index >= 15 is 0 Å². The molecule has 0 amide bonds. The molecule has 0 aliphatic heterocycles. The molecule has 0 spiro atoms. The van der Waals surface area contributed by atoms with Crippen molar-refractivity contribution in [2.45, 2.75) is 39.9 Å². The van der Waals surface area contributed by atoms with E-state index in [2.05, 4.69) is 21.6 Å². The van der Waals surface area contributed by atoms with Gasteiger partial charge in [0.25, 0.3) is 5.56 Å². The van der Waals surface area contributed by atoms with E-state index in [1.807, 2.05) is 36.7 Å². The van der Waals surface area contributed by atoms with Crippen molar-refractivity contribution >= 4 is 22.1 Å². The largest absolute Gasteiger partial charge is 0.464 e. The fourth-order valence-corrected chi connectivity index (χ4v) is 4.79. The summed E-state index contributed by atoms with van der Waals surface area (Å²) in [7, 11) is 1.93. The minimum Gasteiger partial charge on any atom is -0.464 e. The summed E-state index contributed by atoms with van der Waals surface area (Å²) in [5.74, 6) is 0.787. The van der Waals surface area contributed by atoms with Crippen LogP contribution in [0.5, 0.6) is 11.8 Å². The first kappa shape index (κ1) is 26.8. The standard InChI is InChI=1S/C30H29F2N5O4/c1-4-40-29-33-15-19-13-22(27(38)37(26(19)35-29)20-6-8-21(9-7-20)41-28(31)32)18-5-10-23-24(14-18)36(3)25(34-23)16-39-17-30(2)11-12-30/h5-10,13-15,28H,4,11-12,16-17H2,1-3H3. The number of benzene rings is 2. The molecule has 5 aromatic rings. The fraction of sp³-hybridized carbons (Fsp3) is 0.333. The van der Waals surface area contributed by atoms with Crippen LogP contribution in [0.4, 0.5) is 8.78 Å². The minimum absolute atomic E-state index is 0.0189. The number of hydrogen-bond donors (Lipinski definition) is 0. The Kier molecular flexibility index (Phi) is 6.90. The van der Waals surface area contributed by atoms with Crippen LogP contribution in [0.1, 0.15) is 32.5 Å². The molecule has 9 nitrogen and oxygen atoms in total. The maximum Gasteiger partial charge on any atom is 0.387 e. The molecule has 0 saturated heterocycles. The summed E-state index contributed by atoms with van der Waals surface area (Å²) in [5, 5.41) is 0.601. The Morgan fingerprint density at radius 2 is 1.85 bits per heavy atom. The number of hydrogen-bond acceptors (Lipinski definition) is 7. The van der Waals surface area contributed by atoms with Crippen LogP contribution in [-0.4, -0.2) is 43.9 Å². The molecule has 2 aromatic carbocycles. The van der Waals surface area contributed by atoms with Gasteiger partial charge in [-0.15, -0.1) is 0 Å². The topological polar surface area (TPSA) is 93.3 Å². The summed E-state index contributed by atoms with van der Waals surface area (Å²) in [6.07, 6.45) is 3.97. The second kappa shape index (κ2) is 10.5. The van der Waals surface area contributed by atoms with Gasteiger partial charge in [0.1, 0.15) is 18.2 Å². The van der Waals surface area contributed by atoms with Crippen LogP contribution >= 0.6 is 0 Å². The summed E-state index contributed by atoms with van der Waals surface area (Å²) in [4.78, 5) is 27.5. The highest BCUT2D eigenvalue weighted by Gasteiger charge is 2.37. The molecule has 0 N–H and O–H groups in total. The van der Waals surface area contributed by atoms with E-state index in [0.717, 1.165) is 16.9 Å². The predicted octanol–water partition coefficient (Wildman–Crippen LogP) is 5.65. The summed E-state index contributed by atoms with van der Waals surface area (Å²) in [6, 6.07) is 13.4. The minimum atomic E-state index is -2.95.